The molecular formula is C22H25N5O3. The van der Waals surface area contributed by atoms with Gasteiger partial charge in [0.2, 0.25) is 0 Å². The van der Waals surface area contributed by atoms with Crippen molar-refractivity contribution in [3.8, 4) is 0 Å². The van der Waals surface area contributed by atoms with Crippen LogP contribution in [0.25, 0.3) is 11.2 Å². The highest BCUT2D eigenvalue weighted by atomic mass is 16.5. The van der Waals surface area contributed by atoms with Crippen LogP contribution in [0.2, 0.25) is 0 Å². The van der Waals surface area contributed by atoms with Crippen molar-refractivity contribution in [2.24, 2.45) is 0 Å². The Hall–Kier alpha value is -3.10. The van der Waals surface area contributed by atoms with Crippen molar-refractivity contribution in [1.29, 1.82) is 0 Å². The molecule has 0 aliphatic carbocycles. The number of rotatable bonds is 6. The lowest BCUT2D eigenvalue weighted by atomic mass is 10.2. The smallest absolute Gasteiger partial charge is 0.283 e. The van der Waals surface area contributed by atoms with Crippen LogP contribution in [0.1, 0.15) is 16.1 Å². The number of hydrogen-bond acceptors (Lipinski definition) is 6. The van der Waals surface area contributed by atoms with Gasteiger partial charge in [0.15, 0.2) is 11.3 Å². The van der Waals surface area contributed by atoms with Crippen LogP contribution < -0.4 is 5.56 Å². The standard InChI is InChI=1S/C22H25N5O3/c1-30-15-14-27-20-18(8-5-9-23-20)24-19(22(27)29)21(28)26-12-10-25(11-13-26)16-17-6-3-2-4-7-17/h2-9H,10-16H2,1H3. The zero-order chi connectivity index (χ0) is 20.9. The number of pyridine rings is 1. The van der Waals surface area contributed by atoms with E-state index in [1.165, 1.54) is 10.1 Å². The van der Waals surface area contributed by atoms with Crippen LogP contribution in [0.5, 0.6) is 0 Å². The van der Waals surface area contributed by atoms with Gasteiger partial charge in [-0.15, -0.1) is 0 Å². The molecule has 0 unspecified atom stereocenters. The van der Waals surface area contributed by atoms with Gasteiger partial charge in [-0.1, -0.05) is 30.3 Å². The van der Waals surface area contributed by atoms with Gasteiger partial charge in [-0.2, -0.15) is 0 Å². The third kappa shape index (κ3) is 4.24. The Bertz CT molecular complexity index is 1080. The first-order valence-electron chi connectivity index (χ1n) is 10.1. The van der Waals surface area contributed by atoms with Gasteiger partial charge < -0.3 is 9.64 Å². The second kappa shape index (κ2) is 9.15. The second-order valence-electron chi connectivity index (χ2n) is 7.31. The van der Waals surface area contributed by atoms with E-state index in [1.807, 2.05) is 18.2 Å². The summed E-state index contributed by atoms with van der Waals surface area (Å²) in [5.74, 6) is -0.323. The largest absolute Gasteiger partial charge is 0.383 e. The van der Waals surface area contributed by atoms with Crippen LogP contribution in [-0.4, -0.2) is 70.1 Å². The predicted octanol–water partition coefficient (Wildman–Crippen LogP) is 1.40. The molecule has 1 aliphatic heterocycles. The van der Waals surface area contributed by atoms with Gasteiger partial charge >= 0.3 is 0 Å². The van der Waals surface area contributed by atoms with Crippen molar-refractivity contribution < 1.29 is 9.53 Å². The Kier molecular flexibility index (Phi) is 6.15. The normalized spacial score (nSPS) is 14.9. The van der Waals surface area contributed by atoms with Crippen LogP contribution >= 0.6 is 0 Å². The summed E-state index contributed by atoms with van der Waals surface area (Å²) in [5, 5.41) is 0. The van der Waals surface area contributed by atoms with Gasteiger partial charge in [-0.3, -0.25) is 19.1 Å². The number of ether oxygens (including phenoxy) is 1. The summed E-state index contributed by atoms with van der Waals surface area (Å²) in [5.41, 5.74) is 1.77. The van der Waals surface area contributed by atoms with Crippen molar-refractivity contribution >= 4 is 17.1 Å². The highest BCUT2D eigenvalue weighted by Gasteiger charge is 2.26. The molecule has 0 spiro atoms. The number of piperazine rings is 1. The van der Waals surface area contributed by atoms with Crippen molar-refractivity contribution in [3.63, 3.8) is 0 Å². The van der Waals surface area contributed by atoms with E-state index in [2.05, 4.69) is 27.0 Å². The van der Waals surface area contributed by atoms with Crippen LogP contribution in [0.4, 0.5) is 0 Å². The number of carbonyl (C=O) groups excluding carboxylic acids is 1. The molecule has 1 aromatic carbocycles. The summed E-state index contributed by atoms with van der Waals surface area (Å²) in [6.07, 6.45) is 1.61. The quantitative estimate of drug-likeness (QED) is 0.614. The minimum Gasteiger partial charge on any atom is -0.383 e. The molecule has 0 radical (unpaired) electrons. The van der Waals surface area contributed by atoms with Crippen LogP contribution in [0.3, 0.4) is 0 Å². The molecule has 3 aromatic rings. The van der Waals surface area contributed by atoms with E-state index in [0.29, 0.717) is 37.4 Å². The van der Waals surface area contributed by atoms with E-state index in [4.69, 9.17) is 4.74 Å². The van der Waals surface area contributed by atoms with E-state index in [-0.39, 0.29) is 11.6 Å². The summed E-state index contributed by atoms with van der Waals surface area (Å²) in [7, 11) is 1.57. The molecule has 2 aromatic heterocycles. The minimum absolute atomic E-state index is 0.0527. The van der Waals surface area contributed by atoms with Gasteiger partial charge in [-0.25, -0.2) is 9.97 Å². The number of amides is 1. The molecule has 0 atom stereocenters. The molecule has 8 heteroatoms. The number of methoxy groups -OCH3 is 1. The average Bonchev–Trinajstić information content (AvgIpc) is 2.79. The topological polar surface area (TPSA) is 80.6 Å². The lowest BCUT2D eigenvalue weighted by molar-refractivity contribution is 0.0620. The van der Waals surface area contributed by atoms with E-state index >= 15 is 0 Å². The van der Waals surface area contributed by atoms with Gasteiger partial charge in [0.1, 0.15) is 5.52 Å². The van der Waals surface area contributed by atoms with Crippen molar-refractivity contribution in [1.82, 2.24) is 24.3 Å². The summed E-state index contributed by atoms with van der Waals surface area (Å²) in [6, 6.07) is 13.8. The molecule has 0 N–H and O–H groups in total. The Labute approximate surface area is 174 Å². The van der Waals surface area contributed by atoms with E-state index in [9.17, 15) is 9.59 Å². The van der Waals surface area contributed by atoms with E-state index in [1.54, 1.807) is 30.3 Å². The lowest BCUT2D eigenvalue weighted by Gasteiger charge is -2.34. The number of carbonyl (C=O) groups is 1. The number of benzene rings is 1. The second-order valence-corrected chi connectivity index (χ2v) is 7.31. The first-order valence-corrected chi connectivity index (χ1v) is 10.1. The lowest BCUT2D eigenvalue weighted by Crippen LogP contribution is -2.49. The van der Waals surface area contributed by atoms with Crippen molar-refractivity contribution in [3.05, 3.63) is 70.3 Å². The fourth-order valence-corrected chi connectivity index (χ4v) is 3.71. The average molecular weight is 407 g/mol. The number of fused-ring (bicyclic) bond motifs is 1. The van der Waals surface area contributed by atoms with E-state index in [0.717, 1.165) is 19.6 Å². The Morgan fingerprint density at radius 2 is 1.83 bits per heavy atom. The zero-order valence-electron chi connectivity index (χ0n) is 17.0. The molecule has 1 aliphatic rings. The maximum Gasteiger partial charge on any atom is 0.283 e. The number of aromatic nitrogens is 3. The third-order valence-electron chi connectivity index (χ3n) is 5.33. The first kappa shape index (κ1) is 20.2. The summed E-state index contributed by atoms with van der Waals surface area (Å²) < 4.78 is 6.60. The number of nitrogens with zero attached hydrogens (tertiary/aromatic N) is 5. The maximum atomic E-state index is 13.1. The molecular weight excluding hydrogens is 382 g/mol. The van der Waals surface area contributed by atoms with Gasteiger partial charge in [0.25, 0.3) is 11.5 Å². The molecule has 0 saturated carbocycles. The van der Waals surface area contributed by atoms with Crippen LogP contribution in [0.15, 0.2) is 53.5 Å². The Morgan fingerprint density at radius 1 is 1.07 bits per heavy atom. The fourth-order valence-electron chi connectivity index (χ4n) is 3.71. The zero-order valence-corrected chi connectivity index (χ0v) is 17.0. The monoisotopic (exact) mass is 407 g/mol. The molecule has 3 heterocycles. The van der Waals surface area contributed by atoms with Crippen LogP contribution in [0, 0.1) is 0 Å². The van der Waals surface area contributed by atoms with Crippen molar-refractivity contribution in [2.45, 2.75) is 13.1 Å². The molecule has 0 bridgehead atoms. The molecule has 1 saturated heterocycles. The SMILES string of the molecule is COCCn1c(=O)c(C(=O)N2CCN(Cc3ccccc3)CC2)nc2cccnc21. The van der Waals surface area contributed by atoms with Gasteiger partial charge in [-0.05, 0) is 17.7 Å². The molecule has 1 amide bonds. The molecule has 156 valence electrons. The highest BCUT2D eigenvalue weighted by Crippen LogP contribution is 2.12. The Morgan fingerprint density at radius 3 is 2.57 bits per heavy atom. The minimum atomic E-state index is -0.421. The van der Waals surface area contributed by atoms with Crippen molar-refractivity contribution in [2.75, 3.05) is 39.9 Å². The molecule has 4 rings (SSSR count). The Balaban J connectivity index is 1.52. The van der Waals surface area contributed by atoms with Crippen LogP contribution in [-0.2, 0) is 17.8 Å². The summed E-state index contributed by atoms with van der Waals surface area (Å²) in [4.78, 5) is 38.8. The fraction of sp³-hybridized carbons (Fsp3) is 0.364. The predicted molar refractivity (Wildman–Crippen MR) is 113 cm³/mol. The highest BCUT2D eigenvalue weighted by molar-refractivity contribution is 5.93. The first-order chi connectivity index (χ1) is 14.7. The van der Waals surface area contributed by atoms with E-state index < -0.39 is 5.56 Å². The summed E-state index contributed by atoms with van der Waals surface area (Å²) in [6.45, 7) is 4.16. The van der Waals surface area contributed by atoms with Gasteiger partial charge in [0, 0.05) is 46.0 Å². The van der Waals surface area contributed by atoms with Gasteiger partial charge in [0.05, 0.1) is 13.2 Å². The molecule has 8 nitrogen and oxygen atoms in total. The maximum absolute atomic E-state index is 13.1. The molecule has 1 fully saturated rings. The number of hydrogen-bond donors (Lipinski definition) is 0. The summed E-state index contributed by atoms with van der Waals surface area (Å²) >= 11 is 0. The molecule has 30 heavy (non-hydrogen) atoms. The third-order valence-corrected chi connectivity index (χ3v) is 5.33.